The summed E-state index contributed by atoms with van der Waals surface area (Å²) in [6.45, 7) is 7.10. The number of benzene rings is 1. The maximum atomic E-state index is 9.10. The van der Waals surface area contributed by atoms with E-state index in [0.29, 0.717) is 0 Å². The van der Waals surface area contributed by atoms with Crippen LogP contribution < -0.4 is 4.74 Å². The van der Waals surface area contributed by atoms with Gasteiger partial charge in [0, 0.05) is 5.02 Å². The molecule has 158 valence electrons. The first kappa shape index (κ1) is 24.2. The molecule has 1 heterocycles. The van der Waals surface area contributed by atoms with Crippen molar-refractivity contribution in [2.45, 2.75) is 51.9 Å². The van der Waals surface area contributed by atoms with E-state index in [0.717, 1.165) is 29.7 Å². The number of hydrogen-bond acceptors (Lipinski definition) is 4. The molecule has 2 rings (SSSR count). The molecule has 0 radical (unpaired) electrons. The van der Waals surface area contributed by atoms with Gasteiger partial charge in [0.25, 0.3) is 0 Å². The van der Waals surface area contributed by atoms with Gasteiger partial charge >= 0.3 is 11.9 Å². The number of carbonyl (C=O) groups is 2. The smallest absolute Gasteiger partial charge is 0.414 e. The largest absolute Gasteiger partial charge is 0.494 e. The second kappa shape index (κ2) is 14.2. The average Bonchev–Trinajstić information content (AvgIpc) is 2.66. The number of piperidine rings is 1. The number of hydrogen-bond donors (Lipinski definition) is 2. The van der Waals surface area contributed by atoms with E-state index >= 15 is 0 Å². The molecule has 28 heavy (non-hydrogen) atoms. The Hall–Kier alpha value is -1.79. The zero-order valence-corrected chi connectivity index (χ0v) is 17.4. The summed E-state index contributed by atoms with van der Waals surface area (Å²) in [5.74, 6) is -1.83. The number of carboxylic acid groups (broad SMARTS) is 2. The molecule has 2 N–H and O–H groups in total. The van der Waals surface area contributed by atoms with Gasteiger partial charge in [-0.2, -0.15) is 0 Å². The summed E-state index contributed by atoms with van der Waals surface area (Å²) in [5.41, 5.74) is 0. The second-order valence-electron chi connectivity index (χ2n) is 7.21. The molecule has 0 atom stereocenters. The van der Waals surface area contributed by atoms with Crippen LogP contribution in [0.2, 0.25) is 5.02 Å². The highest BCUT2D eigenvalue weighted by molar-refractivity contribution is 6.30. The third kappa shape index (κ3) is 11.8. The summed E-state index contributed by atoms with van der Waals surface area (Å²) in [5, 5.41) is 15.5. The minimum absolute atomic E-state index is 0.740. The molecule has 0 bridgehead atoms. The minimum Gasteiger partial charge on any atom is -0.494 e. The summed E-state index contributed by atoms with van der Waals surface area (Å²) in [7, 11) is 0. The average molecular weight is 414 g/mol. The number of ether oxygens (including phenoxy) is 1. The van der Waals surface area contributed by atoms with Gasteiger partial charge < -0.3 is 19.8 Å². The molecule has 0 amide bonds. The Kier molecular flexibility index (Phi) is 12.3. The monoisotopic (exact) mass is 413 g/mol. The second-order valence-corrected chi connectivity index (χ2v) is 7.64. The summed E-state index contributed by atoms with van der Waals surface area (Å²) in [4.78, 5) is 20.8. The van der Waals surface area contributed by atoms with Crippen LogP contribution in [-0.4, -0.2) is 53.3 Å². The van der Waals surface area contributed by atoms with Crippen molar-refractivity contribution in [1.29, 1.82) is 0 Å². The van der Waals surface area contributed by atoms with Crippen molar-refractivity contribution in [3.8, 4) is 5.75 Å². The maximum Gasteiger partial charge on any atom is 0.414 e. The fourth-order valence-corrected chi connectivity index (χ4v) is 3.18. The van der Waals surface area contributed by atoms with Crippen molar-refractivity contribution in [3.05, 3.63) is 29.3 Å². The molecule has 7 heteroatoms. The molecule has 1 aromatic carbocycles. The van der Waals surface area contributed by atoms with E-state index in [1.54, 1.807) is 0 Å². The van der Waals surface area contributed by atoms with Crippen molar-refractivity contribution in [1.82, 2.24) is 4.90 Å². The van der Waals surface area contributed by atoms with Gasteiger partial charge in [0.1, 0.15) is 5.75 Å². The number of nitrogens with zero attached hydrogens (tertiary/aromatic N) is 1. The molecule has 0 spiro atoms. The Morgan fingerprint density at radius 1 is 1.07 bits per heavy atom. The lowest BCUT2D eigenvalue weighted by Gasteiger charge is -2.30. The van der Waals surface area contributed by atoms with Crippen LogP contribution >= 0.6 is 11.6 Å². The number of unbranched alkanes of at least 4 members (excludes halogenated alkanes) is 4. The van der Waals surface area contributed by atoms with E-state index in [1.165, 1.54) is 58.2 Å². The highest BCUT2D eigenvalue weighted by Crippen LogP contribution is 2.18. The number of carboxylic acids is 2. The van der Waals surface area contributed by atoms with Crippen LogP contribution in [0.4, 0.5) is 0 Å². The minimum atomic E-state index is -1.82. The molecule has 0 aromatic heterocycles. The molecule has 0 aliphatic carbocycles. The third-order valence-corrected chi connectivity index (χ3v) is 4.98. The van der Waals surface area contributed by atoms with Crippen LogP contribution in [0, 0.1) is 5.92 Å². The summed E-state index contributed by atoms with van der Waals surface area (Å²) in [6.07, 6.45) is 9.20. The van der Waals surface area contributed by atoms with Gasteiger partial charge in [-0.25, -0.2) is 9.59 Å². The highest BCUT2D eigenvalue weighted by atomic mass is 35.5. The lowest BCUT2D eigenvalue weighted by atomic mass is 9.99. The predicted octanol–water partition coefficient (Wildman–Crippen LogP) is 4.56. The molecular formula is C21H32ClNO5. The SMILES string of the molecule is CC1CCN(CCCCCCCOc2cccc(Cl)c2)CC1.O=C(O)C(=O)O. The van der Waals surface area contributed by atoms with Gasteiger partial charge in [-0.05, 0) is 69.4 Å². The van der Waals surface area contributed by atoms with Crippen LogP contribution in [0.15, 0.2) is 24.3 Å². The first-order chi connectivity index (χ1) is 13.4. The zero-order chi connectivity index (χ0) is 20.8. The first-order valence-corrected chi connectivity index (χ1v) is 10.3. The molecule has 1 aliphatic heterocycles. The number of rotatable bonds is 9. The summed E-state index contributed by atoms with van der Waals surface area (Å²) in [6, 6.07) is 7.64. The van der Waals surface area contributed by atoms with Gasteiger partial charge in [0.15, 0.2) is 0 Å². The van der Waals surface area contributed by atoms with Crippen molar-refractivity contribution in [3.63, 3.8) is 0 Å². The van der Waals surface area contributed by atoms with Crippen LogP contribution in [0.25, 0.3) is 0 Å². The molecule has 6 nitrogen and oxygen atoms in total. The Morgan fingerprint density at radius 2 is 1.68 bits per heavy atom. The van der Waals surface area contributed by atoms with E-state index in [2.05, 4.69) is 11.8 Å². The lowest BCUT2D eigenvalue weighted by molar-refractivity contribution is -0.159. The normalized spacial score (nSPS) is 14.8. The van der Waals surface area contributed by atoms with E-state index in [1.807, 2.05) is 24.3 Å². The van der Waals surface area contributed by atoms with Crippen molar-refractivity contribution >= 4 is 23.5 Å². The van der Waals surface area contributed by atoms with Crippen molar-refractivity contribution in [2.24, 2.45) is 5.92 Å². The van der Waals surface area contributed by atoms with Crippen LogP contribution in [-0.2, 0) is 9.59 Å². The fourth-order valence-electron chi connectivity index (χ4n) is 3.00. The molecule has 1 saturated heterocycles. The molecule has 1 aromatic rings. The van der Waals surface area contributed by atoms with Gasteiger partial charge in [0.05, 0.1) is 6.61 Å². The van der Waals surface area contributed by atoms with Crippen molar-refractivity contribution < 1.29 is 24.5 Å². The van der Waals surface area contributed by atoms with Gasteiger partial charge in [-0.3, -0.25) is 0 Å². The topological polar surface area (TPSA) is 87.1 Å². The van der Waals surface area contributed by atoms with Gasteiger partial charge in [-0.15, -0.1) is 0 Å². The molecular weight excluding hydrogens is 382 g/mol. The maximum absolute atomic E-state index is 9.10. The number of aliphatic carboxylic acids is 2. The molecule has 0 unspecified atom stereocenters. The van der Waals surface area contributed by atoms with E-state index in [4.69, 9.17) is 36.1 Å². The number of likely N-dealkylation sites (tertiary alicyclic amines) is 1. The van der Waals surface area contributed by atoms with Crippen molar-refractivity contribution in [2.75, 3.05) is 26.2 Å². The quantitative estimate of drug-likeness (QED) is 0.456. The molecule has 1 fully saturated rings. The molecule has 1 aliphatic rings. The predicted molar refractivity (Wildman–Crippen MR) is 110 cm³/mol. The number of halogens is 1. The van der Waals surface area contributed by atoms with Crippen LogP contribution in [0.5, 0.6) is 5.75 Å². The Bertz CT molecular complexity index is 576. The standard InChI is InChI=1S/C19H30ClNO.C2H2O4/c1-17-10-13-21(14-11-17)12-5-3-2-4-6-15-22-19-9-7-8-18(20)16-19;3-1(4)2(5)6/h7-9,16-17H,2-6,10-15H2,1H3;(H,3,4)(H,5,6). The Balaban J connectivity index is 0.000000568. The Labute approximate surface area is 172 Å². The van der Waals surface area contributed by atoms with Crippen LogP contribution in [0.1, 0.15) is 51.9 Å². The fraction of sp³-hybridized carbons (Fsp3) is 0.619. The van der Waals surface area contributed by atoms with Crippen LogP contribution in [0.3, 0.4) is 0 Å². The lowest BCUT2D eigenvalue weighted by Crippen LogP contribution is -2.33. The van der Waals surface area contributed by atoms with Gasteiger partial charge in [0.2, 0.25) is 0 Å². The third-order valence-electron chi connectivity index (χ3n) is 4.74. The summed E-state index contributed by atoms with van der Waals surface area (Å²) >= 11 is 5.93. The first-order valence-electron chi connectivity index (χ1n) is 9.95. The highest BCUT2D eigenvalue weighted by Gasteiger charge is 2.14. The van der Waals surface area contributed by atoms with E-state index < -0.39 is 11.9 Å². The van der Waals surface area contributed by atoms with E-state index in [-0.39, 0.29) is 0 Å². The Morgan fingerprint density at radius 3 is 2.29 bits per heavy atom. The van der Waals surface area contributed by atoms with Gasteiger partial charge in [-0.1, -0.05) is 43.9 Å². The summed E-state index contributed by atoms with van der Waals surface area (Å²) < 4.78 is 5.71. The van der Waals surface area contributed by atoms with E-state index in [9.17, 15) is 0 Å². The molecule has 0 saturated carbocycles. The zero-order valence-electron chi connectivity index (χ0n) is 16.6.